The third-order valence-electron chi connectivity index (χ3n) is 2.35. The van der Waals surface area contributed by atoms with Gasteiger partial charge in [-0.25, -0.2) is 9.18 Å². The number of amides is 1. The van der Waals surface area contributed by atoms with E-state index in [0.29, 0.717) is 0 Å². The van der Waals surface area contributed by atoms with E-state index in [-0.39, 0.29) is 10.0 Å². The summed E-state index contributed by atoms with van der Waals surface area (Å²) in [7, 11) is 0. The van der Waals surface area contributed by atoms with Gasteiger partial charge in [0.1, 0.15) is 5.82 Å². The summed E-state index contributed by atoms with van der Waals surface area (Å²) in [5.74, 6) is -2.19. The maximum absolute atomic E-state index is 13.1. The second-order valence-electron chi connectivity index (χ2n) is 3.74. The fourth-order valence-corrected chi connectivity index (χ4v) is 1.79. The third kappa shape index (κ3) is 2.82. The van der Waals surface area contributed by atoms with Crippen molar-refractivity contribution in [2.75, 3.05) is 0 Å². The number of carboxylic acids is 1. The molecule has 1 atom stereocenters. The first-order valence-electron chi connectivity index (χ1n) is 4.75. The van der Waals surface area contributed by atoms with Crippen molar-refractivity contribution >= 4 is 27.8 Å². The topological polar surface area (TPSA) is 66.4 Å². The lowest BCUT2D eigenvalue weighted by molar-refractivity contribution is -0.147. The molecule has 0 aliphatic rings. The molecule has 0 fully saturated rings. The molecule has 0 heterocycles. The number of hydrogen-bond acceptors (Lipinski definition) is 2. The van der Waals surface area contributed by atoms with Gasteiger partial charge in [0, 0.05) is 6.92 Å². The maximum atomic E-state index is 13.1. The number of halogens is 2. The largest absolute Gasteiger partial charge is 0.479 e. The Morgan fingerprint density at radius 3 is 2.47 bits per heavy atom. The minimum atomic E-state index is -1.58. The highest BCUT2D eigenvalue weighted by atomic mass is 79.9. The molecule has 1 amide bonds. The molecule has 1 aromatic rings. The van der Waals surface area contributed by atoms with Crippen LogP contribution in [0.2, 0.25) is 0 Å². The van der Waals surface area contributed by atoms with E-state index >= 15 is 0 Å². The van der Waals surface area contributed by atoms with Gasteiger partial charge in [-0.3, -0.25) is 4.79 Å². The van der Waals surface area contributed by atoms with Crippen LogP contribution in [0.25, 0.3) is 0 Å². The van der Waals surface area contributed by atoms with E-state index in [1.54, 1.807) is 0 Å². The molecule has 2 N–H and O–H groups in total. The van der Waals surface area contributed by atoms with Crippen LogP contribution in [0.5, 0.6) is 0 Å². The highest BCUT2D eigenvalue weighted by Gasteiger charge is 2.36. The van der Waals surface area contributed by atoms with Gasteiger partial charge in [-0.05, 0) is 40.5 Å². The Labute approximate surface area is 106 Å². The van der Waals surface area contributed by atoms with Crippen molar-refractivity contribution in [3.8, 4) is 0 Å². The van der Waals surface area contributed by atoms with Crippen LogP contribution in [0.4, 0.5) is 4.39 Å². The molecule has 0 spiro atoms. The molecular weight excluding hydrogens is 293 g/mol. The maximum Gasteiger partial charge on any atom is 0.333 e. The van der Waals surface area contributed by atoms with Crippen molar-refractivity contribution in [1.82, 2.24) is 5.32 Å². The van der Waals surface area contributed by atoms with Crippen molar-refractivity contribution in [3.05, 3.63) is 34.1 Å². The van der Waals surface area contributed by atoms with Crippen molar-refractivity contribution < 1.29 is 19.1 Å². The minimum Gasteiger partial charge on any atom is -0.479 e. The molecule has 6 heteroatoms. The molecule has 1 rings (SSSR count). The van der Waals surface area contributed by atoms with Gasteiger partial charge in [-0.2, -0.15) is 0 Å². The van der Waals surface area contributed by atoms with Gasteiger partial charge in [-0.1, -0.05) is 6.07 Å². The Morgan fingerprint density at radius 1 is 1.47 bits per heavy atom. The van der Waals surface area contributed by atoms with Crippen LogP contribution in [0, 0.1) is 5.82 Å². The average Bonchev–Trinajstić information content (AvgIpc) is 2.20. The molecule has 0 saturated heterocycles. The smallest absolute Gasteiger partial charge is 0.333 e. The lowest BCUT2D eigenvalue weighted by atomic mass is 9.92. The van der Waals surface area contributed by atoms with E-state index in [9.17, 15) is 19.1 Å². The van der Waals surface area contributed by atoms with Gasteiger partial charge in [0.2, 0.25) is 5.91 Å². The highest BCUT2D eigenvalue weighted by molar-refractivity contribution is 9.10. The monoisotopic (exact) mass is 303 g/mol. The zero-order chi connectivity index (χ0) is 13.2. The van der Waals surface area contributed by atoms with Crippen molar-refractivity contribution in [2.24, 2.45) is 0 Å². The second kappa shape index (κ2) is 4.83. The van der Waals surface area contributed by atoms with Gasteiger partial charge in [-0.15, -0.1) is 0 Å². The number of carbonyl (C=O) groups is 2. The number of nitrogens with one attached hydrogen (secondary N) is 1. The summed E-state index contributed by atoms with van der Waals surface area (Å²) in [6, 6.07) is 3.80. The van der Waals surface area contributed by atoms with Crippen LogP contribution in [-0.2, 0) is 15.1 Å². The fraction of sp³-hybridized carbons (Fsp3) is 0.273. The van der Waals surface area contributed by atoms with E-state index in [4.69, 9.17) is 0 Å². The summed E-state index contributed by atoms with van der Waals surface area (Å²) in [5, 5.41) is 11.5. The predicted octanol–water partition coefficient (Wildman–Crippen LogP) is 2.02. The molecule has 0 radical (unpaired) electrons. The van der Waals surface area contributed by atoms with Crippen LogP contribution in [0.1, 0.15) is 19.4 Å². The summed E-state index contributed by atoms with van der Waals surface area (Å²) in [6.45, 7) is 2.57. The molecule has 0 saturated carbocycles. The van der Waals surface area contributed by atoms with Crippen molar-refractivity contribution in [1.29, 1.82) is 0 Å². The Balaban J connectivity index is 3.27. The van der Waals surface area contributed by atoms with E-state index in [1.165, 1.54) is 26.0 Å². The quantitative estimate of drug-likeness (QED) is 0.898. The molecule has 4 nitrogen and oxygen atoms in total. The van der Waals surface area contributed by atoms with Crippen LogP contribution < -0.4 is 5.32 Å². The van der Waals surface area contributed by atoms with Gasteiger partial charge >= 0.3 is 5.97 Å². The Morgan fingerprint density at radius 2 is 2.06 bits per heavy atom. The van der Waals surface area contributed by atoms with Crippen LogP contribution in [0.15, 0.2) is 22.7 Å². The molecule has 1 unspecified atom stereocenters. The van der Waals surface area contributed by atoms with Gasteiger partial charge < -0.3 is 10.4 Å². The van der Waals surface area contributed by atoms with E-state index < -0.39 is 23.2 Å². The minimum absolute atomic E-state index is 0.146. The summed E-state index contributed by atoms with van der Waals surface area (Å²) in [4.78, 5) is 22.3. The number of hydrogen-bond donors (Lipinski definition) is 2. The zero-order valence-electron chi connectivity index (χ0n) is 9.25. The molecule has 0 bridgehead atoms. The highest BCUT2D eigenvalue weighted by Crippen LogP contribution is 2.26. The third-order valence-corrected chi connectivity index (χ3v) is 2.96. The average molecular weight is 304 g/mol. The number of carbonyl (C=O) groups excluding carboxylic acids is 1. The van der Waals surface area contributed by atoms with E-state index in [1.807, 2.05) is 0 Å². The summed E-state index contributed by atoms with van der Waals surface area (Å²) in [6.07, 6.45) is 0. The van der Waals surface area contributed by atoms with Crippen molar-refractivity contribution in [2.45, 2.75) is 19.4 Å². The van der Waals surface area contributed by atoms with Gasteiger partial charge in [0.25, 0.3) is 0 Å². The first-order valence-corrected chi connectivity index (χ1v) is 5.54. The standard InChI is InChI=1S/C11H11BrFNO3/c1-6(15)14-11(2,10(16)17)7-3-4-9(13)8(12)5-7/h3-5H,1-2H3,(H,14,15)(H,16,17). The molecule has 92 valence electrons. The fourth-order valence-electron chi connectivity index (χ4n) is 1.41. The Kier molecular flexibility index (Phi) is 3.87. The second-order valence-corrected chi connectivity index (χ2v) is 4.59. The summed E-state index contributed by atoms with van der Waals surface area (Å²) < 4.78 is 13.2. The molecular formula is C11H11BrFNO3. The molecule has 0 aromatic heterocycles. The van der Waals surface area contributed by atoms with Gasteiger partial charge in [0.15, 0.2) is 5.54 Å². The molecule has 0 aliphatic carbocycles. The summed E-state index contributed by atoms with van der Waals surface area (Å²) >= 11 is 2.97. The van der Waals surface area contributed by atoms with Crippen LogP contribution >= 0.6 is 15.9 Å². The number of rotatable bonds is 3. The molecule has 1 aromatic carbocycles. The molecule has 0 aliphatic heterocycles. The lowest BCUT2D eigenvalue weighted by Gasteiger charge is -2.26. The van der Waals surface area contributed by atoms with Gasteiger partial charge in [0.05, 0.1) is 4.47 Å². The van der Waals surface area contributed by atoms with E-state index in [0.717, 1.165) is 6.07 Å². The first-order chi connectivity index (χ1) is 7.77. The number of benzene rings is 1. The van der Waals surface area contributed by atoms with Crippen molar-refractivity contribution in [3.63, 3.8) is 0 Å². The van der Waals surface area contributed by atoms with E-state index in [2.05, 4.69) is 21.2 Å². The zero-order valence-corrected chi connectivity index (χ0v) is 10.8. The lowest BCUT2D eigenvalue weighted by Crippen LogP contribution is -2.48. The predicted molar refractivity (Wildman–Crippen MR) is 62.9 cm³/mol. The number of aliphatic carboxylic acids is 1. The SMILES string of the molecule is CC(=O)NC(C)(C(=O)O)c1ccc(F)c(Br)c1. The first kappa shape index (κ1) is 13.6. The van der Waals surface area contributed by atoms with Crippen LogP contribution in [0.3, 0.4) is 0 Å². The molecule has 17 heavy (non-hydrogen) atoms. The van der Waals surface area contributed by atoms with Crippen LogP contribution in [-0.4, -0.2) is 17.0 Å². The summed E-state index contributed by atoms with van der Waals surface area (Å²) in [5.41, 5.74) is -1.30. The number of carboxylic acid groups (broad SMARTS) is 1. The normalized spacial score (nSPS) is 13.9. The Hall–Kier alpha value is -1.43. The Bertz CT molecular complexity index is 478.